The van der Waals surface area contributed by atoms with Crippen molar-refractivity contribution in [1.29, 1.82) is 0 Å². The first-order valence-corrected chi connectivity index (χ1v) is 10.3. The van der Waals surface area contributed by atoms with Crippen LogP contribution in [0.2, 0.25) is 5.15 Å². The number of ether oxygens (including phenoxy) is 2. The maximum atomic E-state index is 6.60. The topological polar surface area (TPSA) is 57.1 Å². The molecular weight excluding hydrogens is 374 g/mol. The minimum Gasteiger partial charge on any atom is -0.350 e. The number of pyridine rings is 1. The third-order valence-electron chi connectivity index (χ3n) is 4.98. The highest BCUT2D eigenvalue weighted by Crippen LogP contribution is 2.29. The van der Waals surface area contributed by atoms with Gasteiger partial charge in [0.05, 0.1) is 18.7 Å². The molecule has 0 aliphatic carbocycles. The molecule has 2 aromatic heterocycles. The first kappa shape index (κ1) is 19.2. The molecule has 1 aromatic carbocycles. The summed E-state index contributed by atoms with van der Waals surface area (Å²) in [5.74, 6) is 0.659. The average Bonchev–Trinajstić information content (AvgIpc) is 3.23. The van der Waals surface area contributed by atoms with Gasteiger partial charge in [-0.1, -0.05) is 43.1 Å². The highest BCUT2D eigenvalue weighted by Gasteiger charge is 2.18. The Hall–Kier alpha value is -2.08. The summed E-state index contributed by atoms with van der Waals surface area (Å²) in [7, 11) is 0. The Kier molecular flexibility index (Phi) is 6.15. The zero-order valence-corrected chi connectivity index (χ0v) is 16.8. The van der Waals surface area contributed by atoms with E-state index in [9.17, 15) is 0 Å². The predicted molar refractivity (Wildman–Crippen MR) is 110 cm³/mol. The van der Waals surface area contributed by atoms with Crippen LogP contribution in [0.3, 0.4) is 0 Å². The zero-order chi connectivity index (χ0) is 19.3. The van der Waals surface area contributed by atoms with Crippen molar-refractivity contribution in [1.82, 2.24) is 15.0 Å². The second-order valence-corrected chi connectivity index (χ2v) is 7.31. The Morgan fingerprint density at radius 2 is 1.89 bits per heavy atom. The summed E-state index contributed by atoms with van der Waals surface area (Å²) >= 11 is 6.60. The molecule has 3 aromatic rings. The number of aromatic nitrogens is 3. The van der Waals surface area contributed by atoms with Crippen LogP contribution in [-0.2, 0) is 22.3 Å². The maximum absolute atomic E-state index is 6.60. The van der Waals surface area contributed by atoms with Crippen molar-refractivity contribution in [2.24, 2.45) is 0 Å². The Balaban J connectivity index is 1.66. The molecule has 1 saturated heterocycles. The van der Waals surface area contributed by atoms with E-state index in [1.807, 2.05) is 30.3 Å². The molecule has 1 aliphatic heterocycles. The van der Waals surface area contributed by atoms with Crippen molar-refractivity contribution in [3.8, 4) is 11.4 Å². The lowest BCUT2D eigenvalue weighted by molar-refractivity contribution is -0.0476. The molecule has 146 valence electrons. The quantitative estimate of drug-likeness (QED) is 0.525. The molecule has 0 bridgehead atoms. The Labute approximate surface area is 170 Å². The van der Waals surface area contributed by atoms with Crippen molar-refractivity contribution in [3.05, 3.63) is 52.9 Å². The molecule has 0 atom stereocenters. The number of halogens is 1. The Morgan fingerprint density at radius 1 is 1.07 bits per heavy atom. The Bertz CT molecular complexity index is 952. The summed E-state index contributed by atoms with van der Waals surface area (Å²) in [5.41, 5.74) is 3.96. The van der Waals surface area contributed by atoms with E-state index in [2.05, 4.69) is 16.9 Å². The minimum atomic E-state index is -0.0875. The molecule has 4 rings (SSSR count). The summed E-state index contributed by atoms with van der Waals surface area (Å²) in [5, 5.41) is 1.58. The lowest BCUT2D eigenvalue weighted by atomic mass is 10.0. The largest absolute Gasteiger partial charge is 0.350 e. The van der Waals surface area contributed by atoms with E-state index in [-0.39, 0.29) is 6.29 Å². The molecule has 0 radical (unpaired) electrons. The molecule has 0 saturated carbocycles. The van der Waals surface area contributed by atoms with Gasteiger partial charge in [-0.2, -0.15) is 0 Å². The van der Waals surface area contributed by atoms with Gasteiger partial charge in [0, 0.05) is 28.4 Å². The van der Waals surface area contributed by atoms with Gasteiger partial charge in [-0.25, -0.2) is 9.97 Å². The molecule has 0 amide bonds. The lowest BCUT2D eigenvalue weighted by Gasteiger charge is -2.14. The van der Waals surface area contributed by atoms with E-state index >= 15 is 0 Å². The summed E-state index contributed by atoms with van der Waals surface area (Å²) in [4.78, 5) is 14.0. The fourth-order valence-electron chi connectivity index (χ4n) is 3.63. The molecule has 3 heterocycles. The average molecular weight is 398 g/mol. The number of rotatable bonds is 7. The second-order valence-electron chi connectivity index (χ2n) is 6.95. The standard InChI is InChI=1S/C22H24ClN3O2/c1-2-6-17-19(9-5-10-20-27-13-14-28-20)25-22(26-21(17)23)16-11-12-24-18-8-4-3-7-15(16)18/h3-4,7-8,11-12,20H,2,5-6,9-10,13-14H2,1H3. The van der Waals surface area contributed by atoms with Gasteiger partial charge in [0.15, 0.2) is 12.1 Å². The van der Waals surface area contributed by atoms with Gasteiger partial charge in [0.1, 0.15) is 5.15 Å². The SMILES string of the molecule is CCCc1c(Cl)nc(-c2ccnc3ccccc23)nc1CCCC1OCCO1. The van der Waals surface area contributed by atoms with Gasteiger partial charge in [-0.3, -0.25) is 4.98 Å². The summed E-state index contributed by atoms with van der Waals surface area (Å²) in [6.45, 7) is 3.51. The first-order chi connectivity index (χ1) is 13.8. The number of hydrogen-bond donors (Lipinski definition) is 0. The first-order valence-electron chi connectivity index (χ1n) is 9.89. The van der Waals surface area contributed by atoms with Gasteiger partial charge in [0.25, 0.3) is 0 Å². The van der Waals surface area contributed by atoms with Crippen molar-refractivity contribution < 1.29 is 9.47 Å². The van der Waals surface area contributed by atoms with Crippen LogP contribution in [0.1, 0.15) is 37.4 Å². The molecule has 28 heavy (non-hydrogen) atoms. The summed E-state index contributed by atoms with van der Waals surface area (Å²) in [6, 6.07) is 9.98. The number of fused-ring (bicyclic) bond motifs is 1. The number of benzene rings is 1. The van der Waals surface area contributed by atoms with E-state index in [0.717, 1.165) is 59.8 Å². The van der Waals surface area contributed by atoms with Crippen molar-refractivity contribution in [3.63, 3.8) is 0 Å². The van der Waals surface area contributed by atoms with Crippen LogP contribution in [0.25, 0.3) is 22.3 Å². The zero-order valence-electron chi connectivity index (χ0n) is 16.0. The van der Waals surface area contributed by atoms with Crippen molar-refractivity contribution >= 4 is 22.5 Å². The lowest BCUT2D eigenvalue weighted by Crippen LogP contribution is -2.09. The molecule has 0 spiro atoms. The van der Waals surface area contributed by atoms with Gasteiger partial charge >= 0.3 is 0 Å². The smallest absolute Gasteiger partial charge is 0.161 e. The van der Waals surface area contributed by atoms with E-state index in [4.69, 9.17) is 26.1 Å². The normalized spacial score (nSPS) is 14.8. The number of aryl methyl sites for hydroxylation is 1. The van der Waals surface area contributed by atoms with E-state index < -0.39 is 0 Å². The monoisotopic (exact) mass is 397 g/mol. The van der Waals surface area contributed by atoms with E-state index in [1.54, 1.807) is 6.20 Å². The van der Waals surface area contributed by atoms with Gasteiger partial charge in [0.2, 0.25) is 0 Å². The molecule has 6 heteroatoms. The Morgan fingerprint density at radius 3 is 2.71 bits per heavy atom. The fraction of sp³-hybridized carbons (Fsp3) is 0.409. The van der Waals surface area contributed by atoms with E-state index in [1.165, 1.54) is 0 Å². The van der Waals surface area contributed by atoms with Crippen LogP contribution in [0, 0.1) is 0 Å². The fourth-order valence-corrected chi connectivity index (χ4v) is 3.91. The highest BCUT2D eigenvalue weighted by atomic mass is 35.5. The van der Waals surface area contributed by atoms with Gasteiger partial charge < -0.3 is 9.47 Å². The maximum Gasteiger partial charge on any atom is 0.161 e. The minimum absolute atomic E-state index is 0.0875. The molecular formula is C22H24ClN3O2. The molecule has 1 fully saturated rings. The van der Waals surface area contributed by atoms with Crippen LogP contribution < -0.4 is 0 Å². The van der Waals surface area contributed by atoms with Crippen LogP contribution in [0.4, 0.5) is 0 Å². The van der Waals surface area contributed by atoms with Gasteiger partial charge in [-0.05, 0) is 37.8 Å². The summed E-state index contributed by atoms with van der Waals surface area (Å²) in [6.07, 6.45) is 6.21. The van der Waals surface area contributed by atoms with E-state index in [0.29, 0.717) is 24.2 Å². The van der Waals surface area contributed by atoms with Crippen LogP contribution in [0.15, 0.2) is 36.5 Å². The molecule has 1 aliphatic rings. The number of para-hydroxylation sites is 1. The molecule has 0 N–H and O–H groups in total. The molecule has 0 unspecified atom stereocenters. The van der Waals surface area contributed by atoms with Crippen molar-refractivity contribution in [2.45, 2.75) is 45.3 Å². The molecule has 5 nitrogen and oxygen atoms in total. The number of nitrogens with zero attached hydrogens (tertiary/aromatic N) is 3. The number of hydrogen-bond acceptors (Lipinski definition) is 5. The third-order valence-corrected chi connectivity index (χ3v) is 5.29. The predicted octanol–water partition coefficient (Wildman–Crippen LogP) is 4.99. The van der Waals surface area contributed by atoms with Crippen LogP contribution in [0.5, 0.6) is 0 Å². The summed E-state index contributed by atoms with van der Waals surface area (Å²) < 4.78 is 11.1. The van der Waals surface area contributed by atoms with Crippen molar-refractivity contribution in [2.75, 3.05) is 13.2 Å². The third kappa shape index (κ3) is 4.17. The van der Waals surface area contributed by atoms with Gasteiger partial charge in [-0.15, -0.1) is 0 Å². The van der Waals surface area contributed by atoms with Crippen LogP contribution >= 0.6 is 11.6 Å². The second kappa shape index (κ2) is 8.95. The highest BCUT2D eigenvalue weighted by molar-refractivity contribution is 6.30. The van der Waals surface area contributed by atoms with Crippen LogP contribution in [-0.4, -0.2) is 34.5 Å².